The van der Waals surface area contributed by atoms with Crippen LogP contribution in [0.25, 0.3) is 5.57 Å². The molecule has 2 unspecified atom stereocenters. The van der Waals surface area contributed by atoms with Crippen LogP contribution in [0.4, 0.5) is 13.2 Å². The van der Waals surface area contributed by atoms with Crippen molar-refractivity contribution in [3.63, 3.8) is 0 Å². The van der Waals surface area contributed by atoms with Crippen LogP contribution in [0.2, 0.25) is 0 Å². The number of nitrogens with two attached hydrogens (primary N) is 1. The molecule has 0 radical (unpaired) electrons. The van der Waals surface area contributed by atoms with Gasteiger partial charge >= 0.3 is 6.18 Å². The van der Waals surface area contributed by atoms with Crippen LogP contribution in [0, 0.1) is 5.92 Å². The van der Waals surface area contributed by atoms with Crippen molar-refractivity contribution in [2.45, 2.75) is 38.3 Å². The van der Waals surface area contributed by atoms with E-state index in [2.05, 4.69) is 26.0 Å². The minimum Gasteiger partial charge on any atom is -0.404 e. The molecule has 27 heavy (non-hydrogen) atoms. The molecule has 1 nitrogen and oxygen atoms in total. The zero-order chi connectivity index (χ0) is 19.7. The molecule has 0 aromatic heterocycles. The fourth-order valence-electron chi connectivity index (χ4n) is 3.74. The van der Waals surface area contributed by atoms with E-state index in [9.17, 15) is 13.2 Å². The van der Waals surface area contributed by atoms with Crippen LogP contribution in [-0.2, 0) is 18.0 Å². The molecule has 1 aliphatic carbocycles. The minimum atomic E-state index is -4.41. The van der Waals surface area contributed by atoms with Crippen LogP contribution in [0.5, 0.6) is 0 Å². The van der Waals surface area contributed by atoms with Gasteiger partial charge in [0.1, 0.15) is 0 Å². The minimum absolute atomic E-state index is 0.0970. The van der Waals surface area contributed by atoms with E-state index in [0.717, 1.165) is 6.07 Å². The molecule has 142 valence electrons. The SMILES string of the molecule is CC1CC1(C)c1ccccc1C/C=C\C(=C/N)c1ccccc1C(F)(F)F. The molecule has 3 rings (SSSR count). The molecule has 1 aliphatic rings. The Kier molecular flexibility index (Phi) is 5.18. The van der Waals surface area contributed by atoms with Crippen LogP contribution in [-0.4, -0.2) is 0 Å². The van der Waals surface area contributed by atoms with E-state index >= 15 is 0 Å². The third-order valence-electron chi connectivity index (χ3n) is 5.65. The van der Waals surface area contributed by atoms with Crippen molar-refractivity contribution in [2.24, 2.45) is 11.7 Å². The highest BCUT2D eigenvalue weighted by Crippen LogP contribution is 2.54. The molecule has 2 atom stereocenters. The lowest BCUT2D eigenvalue weighted by Crippen LogP contribution is -2.09. The molecule has 2 aromatic carbocycles. The molecule has 0 amide bonds. The van der Waals surface area contributed by atoms with Gasteiger partial charge in [0.15, 0.2) is 0 Å². The first kappa shape index (κ1) is 19.3. The molecular formula is C23H24F3N. The summed E-state index contributed by atoms with van der Waals surface area (Å²) >= 11 is 0. The molecule has 1 fully saturated rings. The molecule has 0 spiro atoms. The largest absolute Gasteiger partial charge is 0.417 e. The second-order valence-electron chi connectivity index (χ2n) is 7.45. The summed E-state index contributed by atoms with van der Waals surface area (Å²) in [5.41, 5.74) is 8.18. The second kappa shape index (κ2) is 7.26. The average molecular weight is 371 g/mol. The predicted octanol–water partition coefficient (Wildman–Crippen LogP) is 6.10. The summed E-state index contributed by atoms with van der Waals surface area (Å²) in [6.45, 7) is 4.51. The van der Waals surface area contributed by atoms with Crippen molar-refractivity contribution in [3.8, 4) is 0 Å². The Hall–Kier alpha value is -2.49. The highest BCUT2D eigenvalue weighted by Gasteiger charge is 2.48. The Morgan fingerprint density at radius 1 is 1.15 bits per heavy atom. The second-order valence-corrected chi connectivity index (χ2v) is 7.45. The molecular weight excluding hydrogens is 347 g/mol. The van der Waals surface area contributed by atoms with Gasteiger partial charge < -0.3 is 5.73 Å². The van der Waals surface area contributed by atoms with Gasteiger partial charge in [-0.3, -0.25) is 0 Å². The summed E-state index contributed by atoms with van der Waals surface area (Å²) < 4.78 is 39.8. The Bertz CT molecular complexity index is 879. The normalized spacial score (nSPS) is 23.0. The maximum Gasteiger partial charge on any atom is 0.417 e. The van der Waals surface area contributed by atoms with E-state index in [0.29, 0.717) is 17.9 Å². The van der Waals surface area contributed by atoms with Crippen LogP contribution in [0.3, 0.4) is 0 Å². The molecule has 2 N–H and O–H groups in total. The topological polar surface area (TPSA) is 26.0 Å². The zero-order valence-corrected chi connectivity index (χ0v) is 15.6. The lowest BCUT2D eigenvalue weighted by molar-refractivity contribution is -0.137. The zero-order valence-electron chi connectivity index (χ0n) is 15.6. The standard InChI is InChI=1S/C23H24F3N/c1-16-14-22(16,2)20-12-5-3-8-17(20)9-7-10-18(15-27)19-11-4-6-13-21(19)23(24,25)26/h3-8,10-13,15-16H,9,14,27H2,1-2H3/b10-7-,18-15+. The maximum absolute atomic E-state index is 13.3. The first-order chi connectivity index (χ1) is 12.8. The van der Waals surface area contributed by atoms with Crippen LogP contribution in [0.15, 0.2) is 66.9 Å². The molecule has 0 heterocycles. The quantitative estimate of drug-likeness (QED) is 0.631. The van der Waals surface area contributed by atoms with Crippen LogP contribution < -0.4 is 5.73 Å². The van der Waals surface area contributed by atoms with Gasteiger partial charge in [-0.2, -0.15) is 13.2 Å². The number of hydrogen-bond donors (Lipinski definition) is 1. The number of hydrogen-bond acceptors (Lipinski definition) is 1. The van der Waals surface area contributed by atoms with Crippen molar-refractivity contribution in [1.29, 1.82) is 0 Å². The summed E-state index contributed by atoms with van der Waals surface area (Å²) in [6.07, 6.45) is 2.21. The van der Waals surface area contributed by atoms with E-state index in [1.807, 2.05) is 18.2 Å². The summed E-state index contributed by atoms with van der Waals surface area (Å²) in [5.74, 6) is 0.654. The monoisotopic (exact) mass is 371 g/mol. The molecule has 4 heteroatoms. The third-order valence-corrected chi connectivity index (χ3v) is 5.65. The van der Waals surface area contributed by atoms with Gasteiger partial charge in [-0.15, -0.1) is 0 Å². The van der Waals surface area contributed by atoms with Gasteiger partial charge in [0.05, 0.1) is 5.56 Å². The Labute approximate surface area is 158 Å². The smallest absolute Gasteiger partial charge is 0.404 e. The van der Waals surface area contributed by atoms with Crippen molar-refractivity contribution < 1.29 is 13.2 Å². The number of halogens is 3. The lowest BCUT2D eigenvalue weighted by atomic mass is 9.89. The maximum atomic E-state index is 13.3. The number of rotatable bonds is 5. The van der Waals surface area contributed by atoms with Crippen LogP contribution >= 0.6 is 0 Å². The van der Waals surface area contributed by atoms with E-state index in [1.165, 1.54) is 35.9 Å². The summed E-state index contributed by atoms with van der Waals surface area (Å²) in [7, 11) is 0. The molecule has 1 saturated carbocycles. The first-order valence-corrected chi connectivity index (χ1v) is 9.11. The summed E-state index contributed by atoms with van der Waals surface area (Å²) in [4.78, 5) is 0. The van der Waals surface area contributed by atoms with Gasteiger partial charge in [0.25, 0.3) is 0 Å². The lowest BCUT2D eigenvalue weighted by Gasteiger charge is -2.15. The molecule has 0 bridgehead atoms. The fourth-order valence-corrected chi connectivity index (χ4v) is 3.74. The van der Waals surface area contributed by atoms with E-state index in [-0.39, 0.29) is 11.0 Å². The van der Waals surface area contributed by atoms with Gasteiger partial charge in [0, 0.05) is 6.20 Å². The Balaban J connectivity index is 1.84. The van der Waals surface area contributed by atoms with Crippen LogP contribution in [0.1, 0.15) is 42.5 Å². The number of allylic oxidation sites excluding steroid dienone is 3. The third kappa shape index (κ3) is 3.95. The first-order valence-electron chi connectivity index (χ1n) is 9.11. The molecule has 0 aliphatic heterocycles. The average Bonchev–Trinajstić information content (AvgIpc) is 3.26. The van der Waals surface area contributed by atoms with Crippen molar-refractivity contribution >= 4 is 5.57 Å². The highest BCUT2D eigenvalue weighted by atomic mass is 19.4. The predicted molar refractivity (Wildman–Crippen MR) is 104 cm³/mol. The van der Waals surface area contributed by atoms with E-state index in [4.69, 9.17) is 5.73 Å². The van der Waals surface area contributed by atoms with Crippen molar-refractivity contribution in [2.75, 3.05) is 0 Å². The van der Waals surface area contributed by atoms with Crippen molar-refractivity contribution in [1.82, 2.24) is 0 Å². The van der Waals surface area contributed by atoms with Gasteiger partial charge in [-0.05, 0) is 52.5 Å². The number of benzene rings is 2. The van der Waals surface area contributed by atoms with Gasteiger partial charge in [0.2, 0.25) is 0 Å². The molecule has 0 saturated heterocycles. The Morgan fingerprint density at radius 2 is 1.78 bits per heavy atom. The number of alkyl halides is 3. The van der Waals surface area contributed by atoms with Crippen molar-refractivity contribution in [3.05, 3.63) is 89.1 Å². The molecule has 2 aromatic rings. The summed E-state index contributed by atoms with van der Waals surface area (Å²) in [6, 6.07) is 13.8. The van der Waals surface area contributed by atoms with E-state index < -0.39 is 11.7 Å². The van der Waals surface area contributed by atoms with Gasteiger partial charge in [-0.25, -0.2) is 0 Å². The summed E-state index contributed by atoms with van der Waals surface area (Å²) in [5, 5.41) is 0. The van der Waals surface area contributed by atoms with Gasteiger partial charge in [-0.1, -0.05) is 68.5 Å². The Morgan fingerprint density at radius 3 is 2.41 bits per heavy atom. The fraction of sp³-hybridized carbons (Fsp3) is 0.304. The highest BCUT2D eigenvalue weighted by molar-refractivity contribution is 5.76. The van der Waals surface area contributed by atoms with E-state index in [1.54, 1.807) is 12.1 Å².